The average molecular weight is 334 g/mol. The summed E-state index contributed by atoms with van der Waals surface area (Å²) in [4.78, 5) is 35.7. The molecule has 2 amide bonds. The highest BCUT2D eigenvalue weighted by molar-refractivity contribution is 5.98. The van der Waals surface area contributed by atoms with E-state index in [9.17, 15) is 14.4 Å². The number of benzene rings is 1. The van der Waals surface area contributed by atoms with Gasteiger partial charge in [-0.25, -0.2) is 4.79 Å². The van der Waals surface area contributed by atoms with Gasteiger partial charge in [-0.05, 0) is 49.9 Å². The predicted octanol–water partition coefficient (Wildman–Crippen LogP) is 0.874. The molecule has 1 aliphatic heterocycles. The van der Waals surface area contributed by atoms with Gasteiger partial charge in [0.05, 0.1) is 6.61 Å². The molecule has 1 aromatic carbocycles. The molecule has 1 saturated heterocycles. The van der Waals surface area contributed by atoms with E-state index in [-0.39, 0.29) is 12.5 Å². The molecule has 1 heterocycles. The Morgan fingerprint density at radius 1 is 1.21 bits per heavy atom. The number of primary amides is 1. The standard InChI is InChI=1S/C17H22N2O5/c1-2-24-17(22)14(11-7-9-23-10-8-11)19-16(21)13-5-3-12(4-6-13)15(18)20/h3-6,11,14H,2,7-10H2,1H3,(H2,18,20)(H,19,21). The Morgan fingerprint density at radius 3 is 2.33 bits per heavy atom. The normalized spacial score (nSPS) is 16.2. The van der Waals surface area contributed by atoms with Crippen LogP contribution in [0.3, 0.4) is 0 Å². The van der Waals surface area contributed by atoms with E-state index in [2.05, 4.69) is 5.32 Å². The zero-order valence-corrected chi connectivity index (χ0v) is 13.6. The molecule has 1 unspecified atom stereocenters. The predicted molar refractivity (Wildman–Crippen MR) is 86.4 cm³/mol. The molecule has 130 valence electrons. The molecule has 2 rings (SSSR count). The van der Waals surface area contributed by atoms with Crippen LogP contribution in [0.25, 0.3) is 0 Å². The van der Waals surface area contributed by atoms with Crippen molar-refractivity contribution in [3.63, 3.8) is 0 Å². The monoisotopic (exact) mass is 334 g/mol. The van der Waals surface area contributed by atoms with Crippen molar-refractivity contribution in [1.82, 2.24) is 5.32 Å². The first-order valence-corrected chi connectivity index (χ1v) is 7.98. The molecule has 24 heavy (non-hydrogen) atoms. The first kappa shape index (κ1) is 17.9. The summed E-state index contributed by atoms with van der Waals surface area (Å²) in [5.41, 5.74) is 5.84. The summed E-state index contributed by atoms with van der Waals surface area (Å²) in [5.74, 6) is -1.41. The van der Waals surface area contributed by atoms with E-state index in [1.807, 2.05) is 0 Å². The van der Waals surface area contributed by atoms with Crippen LogP contribution >= 0.6 is 0 Å². The lowest BCUT2D eigenvalue weighted by Gasteiger charge is -2.29. The van der Waals surface area contributed by atoms with Crippen molar-refractivity contribution in [3.05, 3.63) is 35.4 Å². The molecule has 3 N–H and O–H groups in total. The number of hydrogen-bond acceptors (Lipinski definition) is 5. The number of hydrogen-bond donors (Lipinski definition) is 2. The minimum Gasteiger partial charge on any atom is -0.464 e. The third-order valence-electron chi connectivity index (χ3n) is 4.00. The van der Waals surface area contributed by atoms with E-state index in [1.165, 1.54) is 24.3 Å². The Kier molecular flexibility index (Phi) is 6.31. The Morgan fingerprint density at radius 2 is 1.79 bits per heavy atom. The van der Waals surface area contributed by atoms with E-state index in [4.69, 9.17) is 15.2 Å². The molecule has 1 atom stereocenters. The SMILES string of the molecule is CCOC(=O)C(NC(=O)c1ccc(C(N)=O)cc1)C1CCOCC1. The highest BCUT2D eigenvalue weighted by Crippen LogP contribution is 2.20. The van der Waals surface area contributed by atoms with Gasteiger partial charge in [0, 0.05) is 24.3 Å². The van der Waals surface area contributed by atoms with Gasteiger partial charge < -0.3 is 20.5 Å². The Labute approximate surface area is 140 Å². The van der Waals surface area contributed by atoms with Crippen LogP contribution in [-0.4, -0.2) is 43.6 Å². The highest BCUT2D eigenvalue weighted by Gasteiger charge is 2.32. The maximum atomic E-state index is 12.4. The highest BCUT2D eigenvalue weighted by atomic mass is 16.5. The summed E-state index contributed by atoms with van der Waals surface area (Å²) >= 11 is 0. The number of nitrogens with one attached hydrogen (secondary N) is 1. The summed E-state index contributed by atoms with van der Waals surface area (Å²) in [7, 11) is 0. The second-order valence-corrected chi connectivity index (χ2v) is 5.59. The summed E-state index contributed by atoms with van der Waals surface area (Å²) in [6.45, 7) is 3.10. The van der Waals surface area contributed by atoms with E-state index < -0.39 is 23.8 Å². The maximum absolute atomic E-state index is 12.4. The van der Waals surface area contributed by atoms with Crippen LogP contribution in [0, 0.1) is 5.92 Å². The number of ether oxygens (including phenoxy) is 2. The molecular formula is C17H22N2O5. The van der Waals surface area contributed by atoms with Crippen LogP contribution in [0.15, 0.2) is 24.3 Å². The lowest BCUT2D eigenvalue weighted by atomic mass is 9.91. The first-order valence-electron chi connectivity index (χ1n) is 7.98. The minimum absolute atomic E-state index is 0.0216. The van der Waals surface area contributed by atoms with Crippen LogP contribution in [0.2, 0.25) is 0 Å². The molecule has 0 aliphatic carbocycles. The Hall–Kier alpha value is -2.41. The minimum atomic E-state index is -0.711. The van der Waals surface area contributed by atoms with Crippen LogP contribution in [0.4, 0.5) is 0 Å². The second kappa shape index (κ2) is 8.44. The fourth-order valence-corrected chi connectivity index (χ4v) is 2.66. The lowest BCUT2D eigenvalue weighted by molar-refractivity contribution is -0.147. The molecule has 0 bridgehead atoms. The molecular weight excluding hydrogens is 312 g/mol. The molecule has 0 aromatic heterocycles. The van der Waals surface area contributed by atoms with Gasteiger partial charge in [-0.2, -0.15) is 0 Å². The number of carbonyl (C=O) groups excluding carboxylic acids is 3. The molecule has 1 aliphatic rings. The van der Waals surface area contributed by atoms with Gasteiger partial charge >= 0.3 is 5.97 Å². The van der Waals surface area contributed by atoms with Crippen molar-refractivity contribution in [1.29, 1.82) is 0 Å². The van der Waals surface area contributed by atoms with Gasteiger partial charge in [0.15, 0.2) is 0 Å². The van der Waals surface area contributed by atoms with Crippen molar-refractivity contribution in [2.45, 2.75) is 25.8 Å². The molecule has 1 aromatic rings. The zero-order chi connectivity index (χ0) is 17.5. The van der Waals surface area contributed by atoms with Crippen LogP contribution in [0.5, 0.6) is 0 Å². The smallest absolute Gasteiger partial charge is 0.328 e. The lowest BCUT2D eigenvalue weighted by Crippen LogP contribution is -2.48. The number of esters is 1. The van der Waals surface area contributed by atoms with Gasteiger partial charge in [-0.1, -0.05) is 0 Å². The first-order chi connectivity index (χ1) is 11.5. The van der Waals surface area contributed by atoms with Crippen molar-refractivity contribution in [3.8, 4) is 0 Å². The molecule has 0 spiro atoms. The largest absolute Gasteiger partial charge is 0.464 e. The summed E-state index contributed by atoms with van der Waals surface area (Å²) < 4.78 is 10.4. The summed E-state index contributed by atoms with van der Waals surface area (Å²) in [5, 5.41) is 2.75. The van der Waals surface area contributed by atoms with Gasteiger partial charge in [-0.15, -0.1) is 0 Å². The van der Waals surface area contributed by atoms with Crippen LogP contribution < -0.4 is 11.1 Å². The Bertz CT molecular complexity index is 594. The molecule has 0 radical (unpaired) electrons. The fourth-order valence-electron chi connectivity index (χ4n) is 2.66. The third kappa shape index (κ3) is 4.55. The van der Waals surface area contributed by atoms with Crippen LogP contribution in [0.1, 0.15) is 40.5 Å². The summed E-state index contributed by atoms with van der Waals surface area (Å²) in [6.07, 6.45) is 1.37. The van der Waals surface area contributed by atoms with E-state index in [0.29, 0.717) is 37.2 Å². The van der Waals surface area contributed by atoms with E-state index in [0.717, 1.165) is 0 Å². The van der Waals surface area contributed by atoms with Crippen molar-refractivity contribution < 1.29 is 23.9 Å². The van der Waals surface area contributed by atoms with Gasteiger partial charge in [0.2, 0.25) is 5.91 Å². The number of nitrogens with two attached hydrogens (primary N) is 1. The Balaban J connectivity index is 2.10. The fraction of sp³-hybridized carbons (Fsp3) is 0.471. The number of carbonyl (C=O) groups is 3. The molecule has 7 nitrogen and oxygen atoms in total. The number of rotatable bonds is 6. The van der Waals surface area contributed by atoms with E-state index in [1.54, 1.807) is 6.92 Å². The van der Waals surface area contributed by atoms with Gasteiger partial charge in [0.1, 0.15) is 6.04 Å². The van der Waals surface area contributed by atoms with Crippen molar-refractivity contribution in [2.75, 3.05) is 19.8 Å². The topological polar surface area (TPSA) is 108 Å². The van der Waals surface area contributed by atoms with Crippen molar-refractivity contribution >= 4 is 17.8 Å². The third-order valence-corrected chi connectivity index (χ3v) is 4.00. The van der Waals surface area contributed by atoms with Crippen LogP contribution in [-0.2, 0) is 14.3 Å². The maximum Gasteiger partial charge on any atom is 0.328 e. The quantitative estimate of drug-likeness (QED) is 0.751. The van der Waals surface area contributed by atoms with Gasteiger partial charge in [0.25, 0.3) is 5.91 Å². The average Bonchev–Trinajstić information content (AvgIpc) is 2.60. The zero-order valence-electron chi connectivity index (χ0n) is 13.6. The molecule has 7 heteroatoms. The van der Waals surface area contributed by atoms with Crippen molar-refractivity contribution in [2.24, 2.45) is 11.7 Å². The second-order valence-electron chi connectivity index (χ2n) is 5.59. The molecule has 0 saturated carbocycles. The van der Waals surface area contributed by atoms with Gasteiger partial charge in [-0.3, -0.25) is 9.59 Å². The van der Waals surface area contributed by atoms with E-state index >= 15 is 0 Å². The number of amides is 2. The molecule has 1 fully saturated rings. The summed E-state index contributed by atoms with van der Waals surface area (Å²) in [6, 6.07) is 5.25.